The van der Waals surface area contributed by atoms with E-state index in [2.05, 4.69) is 26.1 Å². The monoisotopic (exact) mass is 400 g/mol. The predicted octanol–water partition coefficient (Wildman–Crippen LogP) is 3.91. The van der Waals surface area contributed by atoms with Crippen molar-refractivity contribution in [3.63, 3.8) is 0 Å². The summed E-state index contributed by atoms with van der Waals surface area (Å²) in [6, 6.07) is 12.1. The van der Waals surface area contributed by atoms with Crippen LogP contribution in [0.15, 0.2) is 42.5 Å². The van der Waals surface area contributed by atoms with Crippen LogP contribution in [0.3, 0.4) is 0 Å². The Morgan fingerprint density at radius 2 is 1.76 bits per heavy atom. The maximum Gasteiger partial charge on any atom is 0.251 e. The van der Waals surface area contributed by atoms with E-state index in [9.17, 15) is 14.0 Å². The first-order valence-electron chi connectivity index (χ1n) is 9.57. The van der Waals surface area contributed by atoms with Gasteiger partial charge in [0.2, 0.25) is 5.91 Å². The van der Waals surface area contributed by atoms with Gasteiger partial charge in [0, 0.05) is 32.1 Å². The van der Waals surface area contributed by atoms with Crippen molar-refractivity contribution < 1.29 is 18.7 Å². The highest BCUT2D eigenvalue weighted by molar-refractivity contribution is 5.94. The Bertz CT molecular complexity index is 857. The first-order valence-corrected chi connectivity index (χ1v) is 9.57. The lowest BCUT2D eigenvalue weighted by atomic mass is 9.87. The Balaban J connectivity index is 1.82. The predicted molar refractivity (Wildman–Crippen MR) is 112 cm³/mol. The zero-order valence-corrected chi connectivity index (χ0v) is 17.7. The number of halogens is 1. The summed E-state index contributed by atoms with van der Waals surface area (Å²) < 4.78 is 18.7. The molecule has 0 aliphatic heterocycles. The lowest BCUT2D eigenvalue weighted by Crippen LogP contribution is -2.32. The average Bonchev–Trinajstić information content (AvgIpc) is 2.67. The van der Waals surface area contributed by atoms with Gasteiger partial charge in [-0.2, -0.15) is 0 Å². The largest absolute Gasteiger partial charge is 0.494 e. The Kier molecular flexibility index (Phi) is 7.37. The molecule has 29 heavy (non-hydrogen) atoms. The van der Waals surface area contributed by atoms with Gasteiger partial charge in [0.1, 0.15) is 0 Å². The van der Waals surface area contributed by atoms with Crippen molar-refractivity contribution in [2.45, 2.75) is 39.2 Å². The number of hydrogen-bond acceptors (Lipinski definition) is 3. The van der Waals surface area contributed by atoms with Crippen molar-refractivity contribution in [1.82, 2.24) is 10.2 Å². The van der Waals surface area contributed by atoms with Gasteiger partial charge in [0.25, 0.3) is 5.91 Å². The second-order valence-electron chi connectivity index (χ2n) is 8.05. The van der Waals surface area contributed by atoms with Crippen molar-refractivity contribution in [2.24, 2.45) is 0 Å². The lowest BCUT2D eigenvalue weighted by Gasteiger charge is -2.19. The molecule has 0 radical (unpaired) electrons. The first kappa shape index (κ1) is 22.4. The summed E-state index contributed by atoms with van der Waals surface area (Å²) in [5.41, 5.74) is 2.41. The minimum atomic E-state index is -0.462. The van der Waals surface area contributed by atoms with Crippen LogP contribution >= 0.6 is 0 Å². The van der Waals surface area contributed by atoms with Gasteiger partial charge in [0.15, 0.2) is 11.6 Å². The summed E-state index contributed by atoms with van der Waals surface area (Å²) in [5.74, 6) is -0.640. The molecule has 0 bridgehead atoms. The number of nitrogens with one attached hydrogen (secondary N) is 1. The van der Waals surface area contributed by atoms with E-state index in [4.69, 9.17) is 4.74 Å². The van der Waals surface area contributed by atoms with Crippen molar-refractivity contribution in [3.05, 3.63) is 65.0 Å². The molecule has 2 aromatic rings. The van der Waals surface area contributed by atoms with E-state index in [1.54, 1.807) is 25.2 Å². The van der Waals surface area contributed by atoms with E-state index in [0.717, 1.165) is 5.56 Å². The van der Waals surface area contributed by atoms with Gasteiger partial charge in [-0.3, -0.25) is 9.59 Å². The average molecular weight is 400 g/mol. The molecule has 0 atom stereocenters. The summed E-state index contributed by atoms with van der Waals surface area (Å²) in [5, 5.41) is 2.77. The van der Waals surface area contributed by atoms with Crippen LogP contribution in [0, 0.1) is 5.82 Å². The number of benzene rings is 2. The number of rotatable bonds is 7. The van der Waals surface area contributed by atoms with Crippen LogP contribution in [-0.4, -0.2) is 37.4 Å². The fourth-order valence-corrected chi connectivity index (χ4v) is 2.87. The van der Waals surface area contributed by atoms with Crippen LogP contribution in [0.4, 0.5) is 4.39 Å². The van der Waals surface area contributed by atoms with Crippen LogP contribution in [0.25, 0.3) is 0 Å². The minimum absolute atomic E-state index is 0.0266. The van der Waals surface area contributed by atoms with Crippen LogP contribution < -0.4 is 10.1 Å². The third-order valence-electron chi connectivity index (χ3n) is 4.70. The van der Waals surface area contributed by atoms with Gasteiger partial charge >= 0.3 is 0 Å². The maximum absolute atomic E-state index is 13.8. The highest BCUT2D eigenvalue weighted by atomic mass is 19.1. The fourth-order valence-electron chi connectivity index (χ4n) is 2.87. The number of carbonyl (C=O) groups excluding carboxylic acids is 2. The lowest BCUT2D eigenvalue weighted by molar-refractivity contribution is -0.130. The van der Waals surface area contributed by atoms with Gasteiger partial charge in [-0.15, -0.1) is 0 Å². The molecule has 2 amide bonds. The molecule has 0 aliphatic rings. The maximum atomic E-state index is 13.8. The summed E-state index contributed by atoms with van der Waals surface area (Å²) in [7, 11) is 3.05. The van der Waals surface area contributed by atoms with Gasteiger partial charge < -0.3 is 15.0 Å². The molecule has 0 heterocycles. The van der Waals surface area contributed by atoms with E-state index in [-0.39, 0.29) is 42.5 Å². The quantitative estimate of drug-likeness (QED) is 0.767. The number of methoxy groups -OCH3 is 1. The zero-order chi connectivity index (χ0) is 21.6. The Morgan fingerprint density at radius 1 is 1.10 bits per heavy atom. The van der Waals surface area contributed by atoms with Gasteiger partial charge in [0.05, 0.1) is 7.11 Å². The summed E-state index contributed by atoms with van der Waals surface area (Å²) in [4.78, 5) is 26.0. The number of hydrogen-bond donors (Lipinski definition) is 1. The molecule has 6 heteroatoms. The van der Waals surface area contributed by atoms with Crippen molar-refractivity contribution in [2.75, 3.05) is 20.7 Å². The van der Waals surface area contributed by atoms with Crippen LogP contribution in [0.5, 0.6) is 5.75 Å². The molecule has 0 spiro atoms. The molecule has 0 aliphatic carbocycles. The van der Waals surface area contributed by atoms with Gasteiger partial charge in [-0.05, 0) is 40.8 Å². The number of carbonyl (C=O) groups is 2. The zero-order valence-electron chi connectivity index (χ0n) is 17.7. The normalized spacial score (nSPS) is 11.1. The van der Waals surface area contributed by atoms with Crippen molar-refractivity contribution in [3.8, 4) is 5.75 Å². The number of amides is 2. The molecular formula is C23H29FN2O3. The molecule has 5 nitrogen and oxygen atoms in total. The minimum Gasteiger partial charge on any atom is -0.494 e. The SMILES string of the molecule is COc1ccc(CN(C)C(=O)CCNC(=O)c2ccc(C(C)(C)C)cc2)cc1F. The molecule has 0 saturated heterocycles. The molecule has 0 aromatic heterocycles. The van der Waals surface area contributed by atoms with Gasteiger partial charge in [-0.25, -0.2) is 4.39 Å². The highest BCUT2D eigenvalue weighted by Gasteiger charge is 2.15. The van der Waals surface area contributed by atoms with Gasteiger partial charge in [-0.1, -0.05) is 39.0 Å². The van der Waals surface area contributed by atoms with Crippen LogP contribution in [-0.2, 0) is 16.8 Å². The third-order valence-corrected chi connectivity index (χ3v) is 4.70. The second kappa shape index (κ2) is 9.54. The first-order chi connectivity index (χ1) is 13.6. The molecule has 0 saturated carbocycles. The van der Waals surface area contributed by atoms with Crippen molar-refractivity contribution in [1.29, 1.82) is 0 Å². The van der Waals surface area contributed by atoms with E-state index in [1.165, 1.54) is 24.1 Å². The summed E-state index contributed by atoms with van der Waals surface area (Å²) in [6.07, 6.45) is 0.168. The topological polar surface area (TPSA) is 58.6 Å². The molecule has 2 rings (SSSR count). The van der Waals surface area contributed by atoms with E-state index < -0.39 is 5.82 Å². The Morgan fingerprint density at radius 3 is 2.31 bits per heavy atom. The summed E-state index contributed by atoms with van der Waals surface area (Å²) in [6.45, 7) is 6.86. The molecule has 1 N–H and O–H groups in total. The number of nitrogens with zero attached hydrogens (tertiary/aromatic N) is 1. The molecule has 0 unspecified atom stereocenters. The smallest absolute Gasteiger partial charge is 0.251 e. The molecule has 2 aromatic carbocycles. The molecule has 0 fully saturated rings. The van der Waals surface area contributed by atoms with Crippen LogP contribution in [0.1, 0.15) is 48.7 Å². The summed E-state index contributed by atoms with van der Waals surface area (Å²) >= 11 is 0. The fraction of sp³-hybridized carbons (Fsp3) is 0.391. The van der Waals surface area contributed by atoms with Crippen molar-refractivity contribution >= 4 is 11.8 Å². The molecular weight excluding hydrogens is 371 g/mol. The number of ether oxygens (including phenoxy) is 1. The standard InChI is InChI=1S/C23H29FN2O3/c1-23(2,3)18-9-7-17(8-10-18)22(28)25-13-12-21(27)26(4)15-16-6-11-20(29-5)19(24)14-16/h6-11,14H,12-13,15H2,1-5H3,(H,25,28). The third kappa shape index (κ3) is 6.31. The van der Waals surface area contributed by atoms with E-state index in [1.807, 2.05) is 12.1 Å². The molecule has 156 valence electrons. The van der Waals surface area contributed by atoms with E-state index in [0.29, 0.717) is 11.1 Å². The Labute approximate surface area is 171 Å². The highest BCUT2D eigenvalue weighted by Crippen LogP contribution is 2.22. The Hall–Kier alpha value is -2.89. The second-order valence-corrected chi connectivity index (χ2v) is 8.05. The van der Waals surface area contributed by atoms with Crippen LogP contribution in [0.2, 0.25) is 0 Å². The van der Waals surface area contributed by atoms with E-state index >= 15 is 0 Å².